The van der Waals surface area contributed by atoms with Crippen LogP contribution in [0.3, 0.4) is 0 Å². The summed E-state index contributed by atoms with van der Waals surface area (Å²) in [7, 11) is 1.87. The SMILES string of the molecule is CCc1cccc(CC)c1NC(=O)c1cc(-c2ccnc(Nc3ccc(C(=O)O)cc3C)n2)n(C)c1. The zero-order valence-electron chi connectivity index (χ0n) is 20.8. The van der Waals surface area contributed by atoms with Crippen LogP contribution in [-0.4, -0.2) is 31.5 Å². The Morgan fingerprint density at radius 3 is 2.36 bits per heavy atom. The monoisotopic (exact) mass is 483 g/mol. The number of rotatable bonds is 8. The number of benzene rings is 2. The maximum Gasteiger partial charge on any atom is 0.335 e. The van der Waals surface area contributed by atoms with E-state index < -0.39 is 5.97 Å². The topological polar surface area (TPSA) is 109 Å². The van der Waals surface area contributed by atoms with E-state index in [0.717, 1.165) is 40.9 Å². The van der Waals surface area contributed by atoms with Crippen LogP contribution in [0.25, 0.3) is 11.4 Å². The van der Waals surface area contributed by atoms with E-state index in [0.29, 0.717) is 22.9 Å². The van der Waals surface area contributed by atoms with Gasteiger partial charge in [0.2, 0.25) is 5.95 Å². The van der Waals surface area contributed by atoms with Gasteiger partial charge in [-0.3, -0.25) is 4.79 Å². The third kappa shape index (κ3) is 5.12. The van der Waals surface area contributed by atoms with Crippen LogP contribution < -0.4 is 10.6 Å². The van der Waals surface area contributed by atoms with E-state index in [9.17, 15) is 14.7 Å². The number of amides is 1. The van der Waals surface area contributed by atoms with E-state index in [-0.39, 0.29) is 11.5 Å². The number of aryl methyl sites for hydroxylation is 4. The summed E-state index contributed by atoms with van der Waals surface area (Å²) in [4.78, 5) is 33.3. The molecule has 3 N–H and O–H groups in total. The molecule has 36 heavy (non-hydrogen) atoms. The number of anilines is 3. The summed E-state index contributed by atoms with van der Waals surface area (Å²) in [6.45, 7) is 5.98. The molecular formula is C28H29N5O3. The first kappa shape index (κ1) is 24.7. The molecule has 2 aromatic heterocycles. The van der Waals surface area contributed by atoms with Crippen molar-refractivity contribution in [1.29, 1.82) is 0 Å². The molecule has 0 radical (unpaired) electrons. The number of aromatic carboxylic acids is 1. The largest absolute Gasteiger partial charge is 0.478 e. The van der Waals surface area contributed by atoms with Gasteiger partial charge in [-0.25, -0.2) is 14.8 Å². The fourth-order valence-electron chi connectivity index (χ4n) is 4.15. The van der Waals surface area contributed by atoms with Crippen molar-refractivity contribution in [1.82, 2.24) is 14.5 Å². The molecule has 0 bridgehead atoms. The molecule has 8 nitrogen and oxygen atoms in total. The highest BCUT2D eigenvalue weighted by Crippen LogP contribution is 2.26. The van der Waals surface area contributed by atoms with Gasteiger partial charge in [0.1, 0.15) is 0 Å². The number of para-hydroxylation sites is 1. The first-order chi connectivity index (χ1) is 17.3. The number of carbonyl (C=O) groups excluding carboxylic acids is 1. The average molecular weight is 484 g/mol. The highest BCUT2D eigenvalue weighted by atomic mass is 16.4. The lowest BCUT2D eigenvalue weighted by molar-refractivity contribution is 0.0696. The van der Waals surface area contributed by atoms with Crippen LogP contribution in [0.4, 0.5) is 17.3 Å². The van der Waals surface area contributed by atoms with Crippen molar-refractivity contribution in [3.63, 3.8) is 0 Å². The Morgan fingerprint density at radius 1 is 1.00 bits per heavy atom. The number of carboxylic acids is 1. The summed E-state index contributed by atoms with van der Waals surface area (Å²) in [6, 6.07) is 14.5. The minimum Gasteiger partial charge on any atom is -0.478 e. The summed E-state index contributed by atoms with van der Waals surface area (Å²) in [6.07, 6.45) is 5.09. The molecule has 184 valence electrons. The molecule has 4 rings (SSSR count). The molecule has 2 aromatic carbocycles. The maximum atomic E-state index is 13.2. The second kappa shape index (κ2) is 10.4. The van der Waals surface area contributed by atoms with Crippen LogP contribution in [-0.2, 0) is 19.9 Å². The smallest absolute Gasteiger partial charge is 0.335 e. The molecule has 1 amide bonds. The summed E-state index contributed by atoms with van der Waals surface area (Å²) in [5, 5.41) is 15.4. The van der Waals surface area contributed by atoms with Crippen LogP contribution in [0, 0.1) is 6.92 Å². The van der Waals surface area contributed by atoms with E-state index in [4.69, 9.17) is 0 Å². The zero-order valence-corrected chi connectivity index (χ0v) is 20.8. The average Bonchev–Trinajstić information content (AvgIpc) is 3.27. The number of aromatic nitrogens is 3. The van der Waals surface area contributed by atoms with Crippen molar-refractivity contribution in [2.45, 2.75) is 33.6 Å². The lowest BCUT2D eigenvalue weighted by Gasteiger charge is -2.13. The Balaban J connectivity index is 1.58. The van der Waals surface area contributed by atoms with Crippen LogP contribution >= 0.6 is 0 Å². The molecule has 8 heteroatoms. The summed E-state index contributed by atoms with van der Waals surface area (Å²) in [5.41, 5.74) is 6.75. The molecule has 0 aliphatic rings. The minimum atomic E-state index is -0.976. The molecule has 0 aliphatic heterocycles. The molecule has 0 unspecified atom stereocenters. The minimum absolute atomic E-state index is 0.172. The lowest BCUT2D eigenvalue weighted by Crippen LogP contribution is -2.14. The van der Waals surface area contributed by atoms with Crippen molar-refractivity contribution in [3.05, 3.63) is 88.7 Å². The second-order valence-corrected chi connectivity index (χ2v) is 8.56. The maximum absolute atomic E-state index is 13.2. The van der Waals surface area contributed by atoms with E-state index in [1.165, 1.54) is 6.07 Å². The quantitative estimate of drug-likeness (QED) is 0.301. The molecule has 0 saturated heterocycles. The molecule has 0 atom stereocenters. The third-order valence-corrected chi connectivity index (χ3v) is 6.14. The third-order valence-electron chi connectivity index (χ3n) is 6.14. The van der Waals surface area contributed by atoms with Crippen LogP contribution in [0.2, 0.25) is 0 Å². The van der Waals surface area contributed by atoms with E-state index in [1.807, 2.05) is 42.8 Å². The van der Waals surface area contributed by atoms with Crippen molar-refractivity contribution < 1.29 is 14.7 Å². The van der Waals surface area contributed by atoms with Gasteiger partial charge < -0.3 is 20.3 Å². The van der Waals surface area contributed by atoms with Gasteiger partial charge in [0.25, 0.3) is 5.91 Å². The van der Waals surface area contributed by atoms with Crippen molar-refractivity contribution in [2.24, 2.45) is 7.05 Å². The first-order valence-electron chi connectivity index (χ1n) is 11.8. The van der Waals surface area contributed by atoms with Gasteiger partial charge in [0.05, 0.1) is 22.5 Å². The van der Waals surface area contributed by atoms with Crippen molar-refractivity contribution in [3.8, 4) is 11.4 Å². The fraction of sp³-hybridized carbons (Fsp3) is 0.214. The highest BCUT2D eigenvalue weighted by Gasteiger charge is 2.16. The highest BCUT2D eigenvalue weighted by molar-refractivity contribution is 6.05. The van der Waals surface area contributed by atoms with Crippen LogP contribution in [0.5, 0.6) is 0 Å². The summed E-state index contributed by atoms with van der Waals surface area (Å²) < 4.78 is 1.86. The zero-order chi connectivity index (χ0) is 25.8. The molecular weight excluding hydrogens is 454 g/mol. The summed E-state index contributed by atoms with van der Waals surface area (Å²) >= 11 is 0. The predicted octanol–water partition coefficient (Wildman–Crippen LogP) is 5.61. The number of carbonyl (C=O) groups is 2. The molecule has 0 fully saturated rings. The molecule has 2 heterocycles. The van der Waals surface area contributed by atoms with Gasteiger partial charge in [-0.15, -0.1) is 0 Å². The van der Waals surface area contributed by atoms with E-state index in [1.54, 1.807) is 30.6 Å². The van der Waals surface area contributed by atoms with E-state index >= 15 is 0 Å². The van der Waals surface area contributed by atoms with Crippen LogP contribution in [0.1, 0.15) is 51.3 Å². The standard InChI is InChI=1S/C28H29N5O3/c1-5-18-8-7-9-19(6-2)25(18)32-26(34)21-15-24(33(4)16-21)23-12-13-29-28(31-23)30-22-11-10-20(27(35)36)14-17(22)3/h7-16H,5-6H2,1-4H3,(H,32,34)(H,35,36)(H,29,30,31). The van der Waals surface area contributed by atoms with Gasteiger partial charge in [-0.2, -0.15) is 0 Å². The van der Waals surface area contributed by atoms with Crippen molar-refractivity contribution in [2.75, 3.05) is 10.6 Å². The summed E-state index contributed by atoms with van der Waals surface area (Å²) in [5.74, 6) is -0.778. The Kier molecular flexibility index (Phi) is 7.15. The van der Waals surface area contributed by atoms with Gasteiger partial charge in [0, 0.05) is 30.8 Å². The normalized spacial score (nSPS) is 10.8. The number of nitrogens with zero attached hydrogens (tertiary/aromatic N) is 3. The van der Waals surface area contributed by atoms with Crippen LogP contribution in [0.15, 0.2) is 60.9 Å². The molecule has 0 aliphatic carbocycles. The molecule has 0 saturated carbocycles. The second-order valence-electron chi connectivity index (χ2n) is 8.56. The molecule has 4 aromatic rings. The van der Waals surface area contributed by atoms with Crippen molar-refractivity contribution >= 4 is 29.2 Å². The fourth-order valence-corrected chi connectivity index (χ4v) is 4.15. The van der Waals surface area contributed by atoms with E-state index in [2.05, 4.69) is 34.4 Å². The van der Waals surface area contributed by atoms with Gasteiger partial charge >= 0.3 is 5.97 Å². The van der Waals surface area contributed by atoms with Gasteiger partial charge in [-0.1, -0.05) is 32.0 Å². The Morgan fingerprint density at radius 2 is 1.72 bits per heavy atom. The number of carboxylic acid groups (broad SMARTS) is 1. The number of hydrogen-bond donors (Lipinski definition) is 3. The number of hydrogen-bond acceptors (Lipinski definition) is 5. The lowest BCUT2D eigenvalue weighted by atomic mass is 10.0. The number of nitrogens with one attached hydrogen (secondary N) is 2. The predicted molar refractivity (Wildman–Crippen MR) is 141 cm³/mol. The molecule has 0 spiro atoms. The Labute approximate surface area is 210 Å². The Bertz CT molecular complexity index is 1420. The Hall–Kier alpha value is -4.46. The first-order valence-corrected chi connectivity index (χ1v) is 11.8. The van der Waals surface area contributed by atoms with Gasteiger partial charge in [0.15, 0.2) is 0 Å². The van der Waals surface area contributed by atoms with Gasteiger partial charge in [-0.05, 0) is 66.8 Å².